The predicted octanol–water partition coefficient (Wildman–Crippen LogP) is 1.60. The molecular formula is C8H10Cl2FNO2. The lowest BCUT2D eigenvalue weighted by molar-refractivity contribution is 0.264. The fourth-order valence-electron chi connectivity index (χ4n) is 0.967. The molecule has 3 nitrogen and oxygen atoms in total. The summed E-state index contributed by atoms with van der Waals surface area (Å²) in [5, 5.41) is 18.0. The zero-order valence-corrected chi connectivity index (χ0v) is 8.65. The fourth-order valence-corrected chi connectivity index (χ4v) is 1.18. The van der Waals surface area contributed by atoms with Crippen LogP contribution in [0.3, 0.4) is 0 Å². The number of phenolic OH excluding ortho intramolecular Hbond substituents is 1. The summed E-state index contributed by atoms with van der Waals surface area (Å²) < 4.78 is 12.9. The van der Waals surface area contributed by atoms with Gasteiger partial charge < -0.3 is 15.9 Å². The van der Waals surface area contributed by atoms with Crippen LogP contribution in [0.1, 0.15) is 11.6 Å². The van der Waals surface area contributed by atoms with Crippen molar-refractivity contribution in [1.82, 2.24) is 0 Å². The van der Waals surface area contributed by atoms with E-state index in [9.17, 15) is 9.50 Å². The molecular weight excluding hydrogens is 232 g/mol. The zero-order valence-electron chi connectivity index (χ0n) is 7.08. The van der Waals surface area contributed by atoms with Crippen molar-refractivity contribution in [2.75, 3.05) is 6.61 Å². The maximum Gasteiger partial charge on any atom is 0.166 e. The van der Waals surface area contributed by atoms with Gasteiger partial charge in [-0.3, -0.25) is 0 Å². The highest BCUT2D eigenvalue weighted by atomic mass is 35.5. The first-order valence-corrected chi connectivity index (χ1v) is 3.98. The van der Waals surface area contributed by atoms with Crippen molar-refractivity contribution in [3.05, 3.63) is 28.5 Å². The number of hydrogen-bond donors (Lipinski definition) is 3. The molecule has 14 heavy (non-hydrogen) atoms. The van der Waals surface area contributed by atoms with E-state index in [0.717, 1.165) is 6.07 Å². The quantitative estimate of drug-likeness (QED) is 0.737. The maximum atomic E-state index is 12.9. The van der Waals surface area contributed by atoms with Gasteiger partial charge in [-0.1, -0.05) is 11.6 Å². The van der Waals surface area contributed by atoms with Crippen molar-refractivity contribution in [3.63, 3.8) is 0 Å². The molecule has 0 unspecified atom stereocenters. The lowest BCUT2D eigenvalue weighted by atomic mass is 10.1. The third kappa shape index (κ3) is 2.72. The summed E-state index contributed by atoms with van der Waals surface area (Å²) in [5.41, 5.74) is 5.50. The van der Waals surface area contributed by atoms with Crippen LogP contribution in [-0.2, 0) is 0 Å². The largest absolute Gasteiger partial charge is 0.505 e. The van der Waals surface area contributed by atoms with Gasteiger partial charge in [0.1, 0.15) is 0 Å². The number of rotatable bonds is 2. The Balaban J connectivity index is 0.00000169. The Morgan fingerprint density at radius 3 is 2.57 bits per heavy atom. The maximum absolute atomic E-state index is 12.9. The van der Waals surface area contributed by atoms with Crippen LogP contribution < -0.4 is 5.73 Å². The second kappa shape index (κ2) is 5.36. The minimum Gasteiger partial charge on any atom is -0.505 e. The van der Waals surface area contributed by atoms with Crippen LogP contribution in [0, 0.1) is 5.82 Å². The standard InChI is InChI=1S/C8H9ClFNO2.ClH/c9-4-1-5(7(11)3-12)8(13)6(10)2-4;/h1-2,7,12-13H,3,11H2;1H/t7-;/m1./s1. The molecule has 0 aromatic heterocycles. The van der Waals surface area contributed by atoms with Gasteiger partial charge in [-0.25, -0.2) is 4.39 Å². The van der Waals surface area contributed by atoms with Crippen LogP contribution >= 0.6 is 24.0 Å². The number of aliphatic hydroxyl groups is 1. The monoisotopic (exact) mass is 241 g/mol. The highest BCUT2D eigenvalue weighted by Crippen LogP contribution is 2.29. The normalized spacial score (nSPS) is 12.0. The molecule has 0 aliphatic rings. The number of aliphatic hydroxyl groups excluding tert-OH is 1. The van der Waals surface area contributed by atoms with Gasteiger partial charge in [0, 0.05) is 10.6 Å². The number of hydrogen-bond acceptors (Lipinski definition) is 3. The molecule has 0 saturated carbocycles. The molecule has 1 aromatic carbocycles. The fraction of sp³-hybridized carbons (Fsp3) is 0.250. The lowest BCUT2D eigenvalue weighted by Gasteiger charge is -2.11. The first-order chi connectivity index (χ1) is 6.06. The molecule has 0 aliphatic heterocycles. The van der Waals surface area contributed by atoms with Gasteiger partial charge in [0.05, 0.1) is 12.6 Å². The molecule has 0 amide bonds. The van der Waals surface area contributed by atoms with Crippen LogP contribution in [0.2, 0.25) is 5.02 Å². The first kappa shape index (κ1) is 13.4. The molecule has 0 heterocycles. The minimum absolute atomic E-state index is 0. The summed E-state index contributed by atoms with van der Waals surface area (Å²) in [5.74, 6) is -1.41. The first-order valence-electron chi connectivity index (χ1n) is 3.60. The molecule has 6 heteroatoms. The van der Waals surface area contributed by atoms with E-state index in [4.69, 9.17) is 22.4 Å². The molecule has 0 aliphatic carbocycles. The average Bonchev–Trinajstić information content (AvgIpc) is 2.10. The second-order valence-electron chi connectivity index (χ2n) is 2.61. The van der Waals surface area contributed by atoms with Gasteiger partial charge in [0.25, 0.3) is 0 Å². The number of aromatic hydroxyl groups is 1. The highest BCUT2D eigenvalue weighted by Gasteiger charge is 2.14. The Morgan fingerprint density at radius 1 is 1.50 bits per heavy atom. The van der Waals surface area contributed by atoms with Crippen molar-refractivity contribution in [1.29, 1.82) is 0 Å². The van der Waals surface area contributed by atoms with Crippen LogP contribution in [0.25, 0.3) is 0 Å². The third-order valence-corrected chi connectivity index (χ3v) is 1.87. The van der Waals surface area contributed by atoms with Gasteiger partial charge >= 0.3 is 0 Å². The van der Waals surface area contributed by atoms with Crippen LogP contribution in [0.15, 0.2) is 12.1 Å². The van der Waals surface area contributed by atoms with E-state index in [1.54, 1.807) is 0 Å². The molecule has 1 rings (SSSR count). The second-order valence-corrected chi connectivity index (χ2v) is 3.05. The smallest absolute Gasteiger partial charge is 0.166 e. The van der Waals surface area contributed by atoms with Crippen molar-refractivity contribution in [2.45, 2.75) is 6.04 Å². The average molecular weight is 242 g/mol. The van der Waals surface area contributed by atoms with Crippen LogP contribution in [-0.4, -0.2) is 16.8 Å². The Labute approximate surface area is 91.7 Å². The van der Waals surface area contributed by atoms with Crippen LogP contribution in [0.4, 0.5) is 4.39 Å². The van der Waals surface area contributed by atoms with Gasteiger partial charge in [-0.05, 0) is 12.1 Å². The Kier molecular flexibility index (Phi) is 5.15. The number of phenols is 1. The van der Waals surface area contributed by atoms with Gasteiger partial charge in [0.15, 0.2) is 11.6 Å². The summed E-state index contributed by atoms with van der Waals surface area (Å²) in [7, 11) is 0. The summed E-state index contributed by atoms with van der Waals surface area (Å²) in [6.07, 6.45) is 0. The third-order valence-electron chi connectivity index (χ3n) is 1.65. The number of halogens is 3. The van der Waals surface area contributed by atoms with Crippen LogP contribution in [0.5, 0.6) is 5.75 Å². The molecule has 4 N–H and O–H groups in total. The Morgan fingerprint density at radius 2 is 2.07 bits per heavy atom. The lowest BCUT2D eigenvalue weighted by Crippen LogP contribution is -2.14. The predicted molar refractivity (Wildman–Crippen MR) is 54.3 cm³/mol. The molecule has 0 spiro atoms. The number of nitrogens with two attached hydrogens (primary N) is 1. The minimum atomic E-state index is -0.841. The van der Waals surface area contributed by atoms with Crippen molar-refractivity contribution >= 4 is 24.0 Å². The van der Waals surface area contributed by atoms with E-state index < -0.39 is 17.6 Å². The molecule has 0 bridgehead atoms. The molecule has 1 atom stereocenters. The summed E-state index contributed by atoms with van der Waals surface area (Å²) in [6.45, 7) is -0.382. The number of benzene rings is 1. The topological polar surface area (TPSA) is 66.5 Å². The molecule has 0 fully saturated rings. The molecule has 1 aromatic rings. The molecule has 0 radical (unpaired) electrons. The summed E-state index contributed by atoms with van der Waals surface area (Å²) in [6, 6.07) is 1.47. The van der Waals surface area contributed by atoms with Crippen molar-refractivity contribution < 1.29 is 14.6 Å². The van der Waals surface area contributed by atoms with Gasteiger partial charge in [0.2, 0.25) is 0 Å². The Bertz CT molecular complexity index is 322. The van der Waals surface area contributed by atoms with Gasteiger partial charge in [-0.15, -0.1) is 12.4 Å². The van der Waals surface area contributed by atoms with Crippen molar-refractivity contribution in [3.8, 4) is 5.75 Å². The van der Waals surface area contributed by atoms with E-state index in [-0.39, 0.29) is 29.6 Å². The summed E-state index contributed by atoms with van der Waals surface area (Å²) in [4.78, 5) is 0. The van der Waals surface area contributed by atoms with Gasteiger partial charge in [-0.2, -0.15) is 0 Å². The van der Waals surface area contributed by atoms with E-state index in [2.05, 4.69) is 0 Å². The highest BCUT2D eigenvalue weighted by molar-refractivity contribution is 6.30. The van der Waals surface area contributed by atoms with Crippen molar-refractivity contribution in [2.24, 2.45) is 5.73 Å². The van der Waals surface area contributed by atoms with E-state index >= 15 is 0 Å². The molecule has 80 valence electrons. The summed E-state index contributed by atoms with van der Waals surface area (Å²) >= 11 is 5.53. The SMILES string of the molecule is Cl.N[C@H](CO)c1cc(Cl)cc(F)c1O. The van der Waals surface area contributed by atoms with E-state index in [0.29, 0.717) is 0 Å². The van der Waals surface area contributed by atoms with E-state index in [1.807, 2.05) is 0 Å². The van der Waals surface area contributed by atoms with E-state index in [1.165, 1.54) is 6.07 Å². The zero-order chi connectivity index (χ0) is 10.0. The molecule has 0 saturated heterocycles. The Hall–Kier alpha value is -0.550.